The van der Waals surface area contributed by atoms with Gasteiger partial charge in [0.1, 0.15) is 6.10 Å². The summed E-state index contributed by atoms with van der Waals surface area (Å²) in [6, 6.07) is -0.0742. The second-order valence-corrected chi connectivity index (χ2v) is 11.5. The molecule has 5 atom stereocenters. The van der Waals surface area contributed by atoms with E-state index in [0.29, 0.717) is 19.0 Å². The third-order valence-electron chi connectivity index (χ3n) is 9.18. The molecule has 40 heavy (non-hydrogen) atoms. The highest BCUT2D eigenvalue weighted by Crippen LogP contribution is 2.48. The van der Waals surface area contributed by atoms with Gasteiger partial charge in [0, 0.05) is 60.5 Å². The summed E-state index contributed by atoms with van der Waals surface area (Å²) in [6.07, 6.45) is 18.5. The number of likely N-dealkylation sites (N-methyl/N-ethyl adjacent to an activating group) is 1. The summed E-state index contributed by atoms with van der Waals surface area (Å²) >= 11 is 0. The van der Waals surface area contributed by atoms with Crippen LogP contribution >= 0.6 is 0 Å². The Morgan fingerprint density at radius 2 is 1.57 bits per heavy atom. The van der Waals surface area contributed by atoms with E-state index >= 15 is 0 Å². The lowest BCUT2D eigenvalue weighted by molar-refractivity contribution is -0.169. The van der Waals surface area contributed by atoms with Crippen molar-refractivity contribution in [2.75, 3.05) is 28.3 Å². The highest BCUT2D eigenvalue weighted by molar-refractivity contribution is 6.20. The van der Waals surface area contributed by atoms with Gasteiger partial charge in [0.25, 0.3) is 0 Å². The molecule has 210 valence electrons. The van der Waals surface area contributed by atoms with Gasteiger partial charge in [0.05, 0.1) is 22.8 Å². The van der Waals surface area contributed by atoms with Gasteiger partial charge in [0.15, 0.2) is 12.0 Å². The SMILES string of the molecule is CNCc1c(C=O)c2c3c(n4c2c2c1c1c(n2C(C)(OC)C(OC)C(NC)C4)C=CC(C)C=C1)C=CC(C)C=C3. The number of hydrogen-bond donors (Lipinski definition) is 2. The van der Waals surface area contributed by atoms with Crippen LogP contribution in [-0.2, 0) is 28.3 Å². The lowest BCUT2D eigenvalue weighted by atomic mass is 9.93. The zero-order valence-corrected chi connectivity index (χ0v) is 24.5. The molecule has 6 rings (SSSR count). The summed E-state index contributed by atoms with van der Waals surface area (Å²) in [4.78, 5) is 13.1. The number of benzene rings is 1. The van der Waals surface area contributed by atoms with E-state index < -0.39 is 5.72 Å². The summed E-state index contributed by atoms with van der Waals surface area (Å²) in [6.45, 7) is 7.72. The predicted molar refractivity (Wildman–Crippen MR) is 164 cm³/mol. The second kappa shape index (κ2) is 10.00. The predicted octanol–water partition coefficient (Wildman–Crippen LogP) is 5.42. The van der Waals surface area contributed by atoms with Crippen molar-refractivity contribution in [3.63, 3.8) is 0 Å². The van der Waals surface area contributed by atoms with Crippen molar-refractivity contribution in [2.45, 2.75) is 51.7 Å². The molecule has 3 aromatic rings. The maximum atomic E-state index is 13.1. The van der Waals surface area contributed by atoms with Crippen LogP contribution in [0.2, 0.25) is 0 Å². The van der Waals surface area contributed by atoms with Crippen LogP contribution in [0.1, 0.15) is 59.2 Å². The van der Waals surface area contributed by atoms with Crippen molar-refractivity contribution in [1.29, 1.82) is 0 Å². The minimum atomic E-state index is -0.848. The molecule has 0 spiro atoms. The molecule has 0 saturated heterocycles. The third kappa shape index (κ3) is 3.61. The second-order valence-electron chi connectivity index (χ2n) is 11.5. The molecule has 5 unspecified atom stereocenters. The van der Waals surface area contributed by atoms with Gasteiger partial charge in [0.2, 0.25) is 0 Å². The molecule has 3 heterocycles. The van der Waals surface area contributed by atoms with Crippen LogP contribution in [0, 0.1) is 11.8 Å². The molecule has 2 aliphatic carbocycles. The van der Waals surface area contributed by atoms with Gasteiger partial charge in [-0.2, -0.15) is 0 Å². The van der Waals surface area contributed by atoms with Crippen LogP contribution in [0.25, 0.3) is 46.1 Å². The number of fused-ring (bicyclic) bond motifs is 6. The number of ether oxygens (including phenoxy) is 2. The number of carbonyl (C=O) groups excluding carboxylic acids is 1. The van der Waals surface area contributed by atoms with E-state index in [9.17, 15) is 4.79 Å². The zero-order chi connectivity index (χ0) is 28.3. The van der Waals surface area contributed by atoms with Gasteiger partial charge < -0.3 is 29.2 Å². The Kier molecular flexibility index (Phi) is 6.74. The standard InChI is InChI=1S/C33H40N4O3/c1-19-8-12-21-26(14-10-19)36-17-25(35-5)32(39-6)33(3,40-7)37-27-15-11-20(2)9-13-22(27)28-23(16-34-4)24(18-38)29(21)30(36)31(28)37/h8-15,18-20,25,32,34-35H,16-17H2,1-7H3. The quantitative estimate of drug-likeness (QED) is 0.409. The van der Waals surface area contributed by atoms with Crippen LogP contribution in [0.15, 0.2) is 24.3 Å². The zero-order valence-electron chi connectivity index (χ0n) is 24.5. The number of nitrogens with one attached hydrogen (secondary N) is 2. The number of carbonyl (C=O) groups is 1. The van der Waals surface area contributed by atoms with E-state index in [0.717, 1.165) is 61.7 Å². The molecule has 0 fully saturated rings. The molecule has 0 saturated carbocycles. The number of nitrogens with zero attached hydrogens (tertiary/aromatic N) is 2. The molecule has 0 radical (unpaired) electrons. The molecule has 1 aliphatic heterocycles. The Balaban J connectivity index is 1.95. The maximum Gasteiger partial charge on any atom is 0.170 e. The van der Waals surface area contributed by atoms with Gasteiger partial charge in [-0.3, -0.25) is 4.79 Å². The minimum absolute atomic E-state index is 0.0742. The van der Waals surface area contributed by atoms with Crippen molar-refractivity contribution >= 4 is 52.4 Å². The first kappa shape index (κ1) is 27.0. The maximum absolute atomic E-state index is 13.1. The highest BCUT2D eigenvalue weighted by atomic mass is 16.6. The van der Waals surface area contributed by atoms with Crippen LogP contribution in [0.4, 0.5) is 0 Å². The average molecular weight is 541 g/mol. The van der Waals surface area contributed by atoms with Gasteiger partial charge >= 0.3 is 0 Å². The lowest BCUT2D eigenvalue weighted by Crippen LogP contribution is -2.57. The normalized spacial score (nSPS) is 27.1. The Morgan fingerprint density at radius 3 is 2.15 bits per heavy atom. The van der Waals surface area contributed by atoms with Crippen molar-refractivity contribution in [1.82, 2.24) is 19.8 Å². The highest BCUT2D eigenvalue weighted by Gasteiger charge is 2.46. The number of aldehydes is 1. The average Bonchev–Trinajstić information content (AvgIpc) is 3.25. The Bertz CT molecular complexity index is 1630. The molecule has 0 bridgehead atoms. The third-order valence-corrected chi connectivity index (χ3v) is 9.18. The Hall–Kier alpha value is -3.23. The molecule has 0 amide bonds. The fraction of sp³-hybridized carbons (Fsp3) is 0.424. The van der Waals surface area contributed by atoms with Crippen molar-refractivity contribution in [2.24, 2.45) is 11.8 Å². The molecular formula is C33H40N4O3. The molecule has 1 aromatic carbocycles. The smallest absolute Gasteiger partial charge is 0.170 e. The van der Waals surface area contributed by atoms with E-state index in [4.69, 9.17) is 9.47 Å². The monoisotopic (exact) mass is 540 g/mol. The van der Waals surface area contributed by atoms with E-state index in [1.807, 2.05) is 14.1 Å². The van der Waals surface area contributed by atoms with E-state index in [1.165, 1.54) is 0 Å². The number of aromatic nitrogens is 2. The largest absolute Gasteiger partial charge is 0.375 e. The van der Waals surface area contributed by atoms with Crippen LogP contribution in [-0.4, -0.2) is 55.9 Å². The van der Waals surface area contributed by atoms with Crippen LogP contribution in [0.5, 0.6) is 0 Å². The summed E-state index contributed by atoms with van der Waals surface area (Å²) in [7, 11) is 7.46. The molecular weight excluding hydrogens is 500 g/mol. The molecule has 2 aromatic heterocycles. The molecule has 7 nitrogen and oxygen atoms in total. The van der Waals surface area contributed by atoms with E-state index in [-0.39, 0.29) is 18.1 Å². The van der Waals surface area contributed by atoms with Crippen LogP contribution < -0.4 is 10.6 Å². The first-order valence-corrected chi connectivity index (χ1v) is 14.2. The van der Waals surface area contributed by atoms with Crippen molar-refractivity contribution < 1.29 is 14.3 Å². The fourth-order valence-corrected chi connectivity index (χ4v) is 7.16. The summed E-state index contributed by atoms with van der Waals surface area (Å²) in [5.74, 6) is 0.574. The van der Waals surface area contributed by atoms with E-state index in [1.54, 1.807) is 14.2 Å². The number of methoxy groups -OCH3 is 2. The van der Waals surface area contributed by atoms with Gasteiger partial charge in [-0.1, -0.05) is 50.3 Å². The van der Waals surface area contributed by atoms with E-state index in [2.05, 4.69) is 89.1 Å². The summed E-state index contributed by atoms with van der Waals surface area (Å²) in [5, 5.41) is 9.00. The number of hydrogen-bond acceptors (Lipinski definition) is 5. The molecule has 7 heteroatoms. The minimum Gasteiger partial charge on any atom is -0.375 e. The number of allylic oxidation sites excluding steroid dienone is 4. The topological polar surface area (TPSA) is 69.5 Å². The van der Waals surface area contributed by atoms with Gasteiger partial charge in [-0.05, 0) is 50.6 Å². The molecule has 3 aliphatic rings. The van der Waals surface area contributed by atoms with Crippen molar-refractivity contribution in [3.05, 3.63) is 57.9 Å². The van der Waals surface area contributed by atoms with Crippen LogP contribution in [0.3, 0.4) is 0 Å². The number of rotatable bonds is 6. The molecule has 2 N–H and O–H groups in total. The van der Waals surface area contributed by atoms with Gasteiger partial charge in [-0.25, -0.2) is 0 Å². The first-order valence-electron chi connectivity index (χ1n) is 14.2. The fourth-order valence-electron chi connectivity index (χ4n) is 7.16. The summed E-state index contributed by atoms with van der Waals surface area (Å²) in [5.41, 5.74) is 7.41. The first-order chi connectivity index (χ1) is 19.3. The Morgan fingerprint density at radius 1 is 0.950 bits per heavy atom. The van der Waals surface area contributed by atoms with Gasteiger partial charge in [-0.15, -0.1) is 0 Å². The summed E-state index contributed by atoms with van der Waals surface area (Å²) < 4.78 is 17.5. The Labute approximate surface area is 236 Å². The lowest BCUT2D eigenvalue weighted by Gasteiger charge is -2.43. The van der Waals surface area contributed by atoms with Crippen molar-refractivity contribution in [3.8, 4) is 0 Å².